The van der Waals surface area contributed by atoms with Gasteiger partial charge in [0.25, 0.3) is 0 Å². The second kappa shape index (κ2) is 5.81. The SMILES string of the molecule is CCN1C(=O)C(=O)N(Cc2nc(-c3ccc(Cl)cc3)no2)C1=O. The summed E-state index contributed by atoms with van der Waals surface area (Å²) < 4.78 is 5.04. The van der Waals surface area contributed by atoms with Gasteiger partial charge in [0.2, 0.25) is 11.7 Å². The van der Waals surface area contributed by atoms with Crippen LogP contribution < -0.4 is 0 Å². The van der Waals surface area contributed by atoms with Gasteiger partial charge in [0.1, 0.15) is 6.54 Å². The van der Waals surface area contributed by atoms with Crippen LogP contribution in [0.3, 0.4) is 0 Å². The van der Waals surface area contributed by atoms with E-state index >= 15 is 0 Å². The Labute approximate surface area is 135 Å². The highest BCUT2D eigenvalue weighted by Gasteiger charge is 2.44. The first kappa shape index (κ1) is 15.2. The summed E-state index contributed by atoms with van der Waals surface area (Å²) in [6, 6.07) is 6.10. The van der Waals surface area contributed by atoms with Crippen molar-refractivity contribution in [2.24, 2.45) is 0 Å². The fraction of sp³-hybridized carbons (Fsp3) is 0.214. The van der Waals surface area contributed by atoms with Gasteiger partial charge in [-0.15, -0.1) is 0 Å². The molecule has 1 fully saturated rings. The minimum absolute atomic E-state index is 0.0578. The zero-order valence-electron chi connectivity index (χ0n) is 12.0. The van der Waals surface area contributed by atoms with Gasteiger partial charge in [-0.2, -0.15) is 4.98 Å². The zero-order valence-corrected chi connectivity index (χ0v) is 12.8. The third-order valence-corrected chi connectivity index (χ3v) is 3.57. The highest BCUT2D eigenvalue weighted by atomic mass is 35.5. The van der Waals surface area contributed by atoms with Crippen molar-refractivity contribution in [2.45, 2.75) is 13.5 Å². The summed E-state index contributed by atoms with van der Waals surface area (Å²) in [6.45, 7) is 1.48. The molecule has 0 atom stereocenters. The molecule has 0 saturated carbocycles. The lowest BCUT2D eigenvalue weighted by Crippen LogP contribution is -2.32. The predicted octanol–water partition coefficient (Wildman–Crippen LogP) is 1.70. The molecule has 9 heteroatoms. The number of nitrogens with zero attached hydrogens (tertiary/aromatic N) is 4. The van der Waals surface area contributed by atoms with Crippen LogP contribution in [0.5, 0.6) is 0 Å². The molecule has 1 aliphatic rings. The normalized spacial score (nSPS) is 15.0. The van der Waals surface area contributed by atoms with Gasteiger partial charge in [-0.1, -0.05) is 16.8 Å². The van der Waals surface area contributed by atoms with Crippen molar-refractivity contribution in [3.8, 4) is 11.4 Å². The molecule has 8 nitrogen and oxygen atoms in total. The molecule has 1 aromatic carbocycles. The standard InChI is InChI=1S/C14H11ClN4O4/c1-2-18-12(20)13(21)19(14(18)22)7-10-16-11(17-23-10)8-3-5-9(15)6-4-8/h3-6H,2,7H2,1H3. The van der Waals surface area contributed by atoms with Crippen LogP contribution in [0.25, 0.3) is 11.4 Å². The Morgan fingerprint density at radius 1 is 1.09 bits per heavy atom. The topological polar surface area (TPSA) is 96.6 Å². The van der Waals surface area contributed by atoms with Gasteiger partial charge in [-0.25, -0.2) is 9.69 Å². The zero-order chi connectivity index (χ0) is 16.6. The number of hydrogen-bond acceptors (Lipinski definition) is 6. The monoisotopic (exact) mass is 334 g/mol. The first-order chi connectivity index (χ1) is 11.0. The van der Waals surface area contributed by atoms with Gasteiger partial charge in [-0.05, 0) is 31.2 Å². The molecule has 1 saturated heterocycles. The van der Waals surface area contributed by atoms with E-state index in [1.807, 2.05) is 0 Å². The van der Waals surface area contributed by atoms with E-state index < -0.39 is 17.8 Å². The summed E-state index contributed by atoms with van der Waals surface area (Å²) in [4.78, 5) is 41.2. The molecule has 0 aliphatic carbocycles. The summed E-state index contributed by atoms with van der Waals surface area (Å²) in [7, 11) is 0. The van der Waals surface area contributed by atoms with E-state index in [0.717, 1.165) is 9.80 Å². The number of hydrogen-bond donors (Lipinski definition) is 0. The number of likely N-dealkylation sites (N-methyl/N-ethyl adjacent to an activating group) is 1. The first-order valence-corrected chi connectivity index (χ1v) is 7.15. The highest BCUT2D eigenvalue weighted by molar-refractivity contribution is 6.44. The van der Waals surface area contributed by atoms with Gasteiger partial charge >= 0.3 is 17.8 Å². The summed E-state index contributed by atoms with van der Waals surface area (Å²) in [5.41, 5.74) is 0.676. The van der Waals surface area contributed by atoms with Crippen molar-refractivity contribution in [3.63, 3.8) is 0 Å². The maximum atomic E-state index is 12.0. The van der Waals surface area contributed by atoms with Crippen LogP contribution >= 0.6 is 11.6 Å². The van der Waals surface area contributed by atoms with E-state index in [2.05, 4.69) is 10.1 Å². The number of amides is 4. The van der Waals surface area contributed by atoms with Crippen molar-refractivity contribution < 1.29 is 18.9 Å². The van der Waals surface area contributed by atoms with E-state index in [-0.39, 0.29) is 19.0 Å². The molecule has 2 heterocycles. The Bertz CT molecular complexity index is 786. The summed E-state index contributed by atoms with van der Waals surface area (Å²) >= 11 is 5.81. The number of carbonyl (C=O) groups is 3. The number of carbonyl (C=O) groups excluding carboxylic acids is 3. The smallest absolute Gasteiger partial charge is 0.334 e. The van der Waals surface area contributed by atoms with Crippen molar-refractivity contribution in [1.29, 1.82) is 0 Å². The summed E-state index contributed by atoms with van der Waals surface area (Å²) in [6.07, 6.45) is 0. The van der Waals surface area contributed by atoms with Crippen molar-refractivity contribution in [2.75, 3.05) is 6.54 Å². The van der Waals surface area contributed by atoms with Crippen LogP contribution in [-0.4, -0.2) is 44.3 Å². The summed E-state index contributed by atoms with van der Waals surface area (Å²) in [5.74, 6) is -1.39. The molecule has 1 aliphatic heterocycles. The first-order valence-electron chi connectivity index (χ1n) is 6.77. The van der Waals surface area contributed by atoms with Crippen LogP contribution in [0.4, 0.5) is 4.79 Å². The quantitative estimate of drug-likeness (QED) is 0.623. The number of aromatic nitrogens is 2. The van der Waals surface area contributed by atoms with Gasteiger partial charge < -0.3 is 4.52 Å². The molecule has 3 rings (SSSR count). The lowest BCUT2D eigenvalue weighted by molar-refractivity contribution is -0.143. The molecule has 118 valence electrons. The molecular weight excluding hydrogens is 324 g/mol. The van der Waals surface area contributed by atoms with Crippen molar-refractivity contribution in [1.82, 2.24) is 19.9 Å². The van der Waals surface area contributed by atoms with Crippen LogP contribution in [0.1, 0.15) is 12.8 Å². The average molecular weight is 335 g/mol. The maximum Gasteiger partial charge on any atom is 0.334 e. The lowest BCUT2D eigenvalue weighted by Gasteiger charge is -2.11. The largest absolute Gasteiger partial charge is 0.337 e. The lowest BCUT2D eigenvalue weighted by atomic mass is 10.2. The van der Waals surface area contributed by atoms with E-state index in [1.54, 1.807) is 31.2 Å². The van der Waals surface area contributed by atoms with Gasteiger partial charge in [-0.3, -0.25) is 14.5 Å². The molecule has 0 unspecified atom stereocenters. The fourth-order valence-corrected chi connectivity index (χ4v) is 2.27. The van der Waals surface area contributed by atoms with E-state index in [1.165, 1.54) is 0 Å². The van der Waals surface area contributed by atoms with Crippen molar-refractivity contribution in [3.05, 3.63) is 35.2 Å². The Morgan fingerprint density at radius 3 is 2.35 bits per heavy atom. The number of imide groups is 2. The highest BCUT2D eigenvalue weighted by Crippen LogP contribution is 2.20. The minimum atomic E-state index is -0.900. The van der Waals surface area contributed by atoms with Gasteiger partial charge in [0.05, 0.1) is 0 Å². The number of rotatable bonds is 4. The predicted molar refractivity (Wildman–Crippen MR) is 78.1 cm³/mol. The van der Waals surface area contributed by atoms with E-state index in [4.69, 9.17) is 16.1 Å². The number of benzene rings is 1. The molecular formula is C14H11ClN4O4. The van der Waals surface area contributed by atoms with Crippen LogP contribution in [0.15, 0.2) is 28.8 Å². The molecule has 2 aromatic rings. The minimum Gasteiger partial charge on any atom is -0.337 e. The van der Waals surface area contributed by atoms with E-state index in [9.17, 15) is 14.4 Å². The Balaban J connectivity index is 1.79. The molecule has 0 radical (unpaired) electrons. The van der Waals surface area contributed by atoms with Crippen LogP contribution in [0.2, 0.25) is 5.02 Å². The van der Waals surface area contributed by atoms with Gasteiger partial charge in [0.15, 0.2) is 0 Å². The molecule has 4 amide bonds. The second-order valence-corrected chi connectivity index (χ2v) is 5.18. The number of urea groups is 1. The van der Waals surface area contributed by atoms with E-state index in [0.29, 0.717) is 16.4 Å². The number of halogens is 1. The average Bonchev–Trinajstić information content (AvgIpc) is 3.08. The van der Waals surface area contributed by atoms with Crippen LogP contribution in [0, 0.1) is 0 Å². The molecule has 0 N–H and O–H groups in total. The molecule has 1 aromatic heterocycles. The van der Waals surface area contributed by atoms with Crippen molar-refractivity contribution >= 4 is 29.4 Å². The maximum absolute atomic E-state index is 12.0. The Morgan fingerprint density at radius 2 is 1.74 bits per heavy atom. The third kappa shape index (κ3) is 2.68. The molecule has 0 spiro atoms. The fourth-order valence-electron chi connectivity index (χ4n) is 2.14. The summed E-state index contributed by atoms with van der Waals surface area (Å²) in [5, 5.41) is 4.36. The molecule has 23 heavy (non-hydrogen) atoms. The van der Waals surface area contributed by atoms with Crippen LogP contribution in [-0.2, 0) is 16.1 Å². The van der Waals surface area contributed by atoms with Gasteiger partial charge in [0, 0.05) is 17.1 Å². The Kier molecular flexibility index (Phi) is 3.83. The third-order valence-electron chi connectivity index (χ3n) is 3.32. The second-order valence-electron chi connectivity index (χ2n) is 4.74. The Hall–Kier alpha value is -2.74. The molecule has 0 bridgehead atoms.